The molecular weight excluding hydrogens is 552 g/mol. The Morgan fingerprint density at radius 1 is 1.00 bits per heavy atom. The number of likely N-dealkylation sites (N-methyl/N-ethyl adjacent to an activating group) is 1. The molecule has 0 radical (unpaired) electrons. The van der Waals surface area contributed by atoms with Crippen molar-refractivity contribution in [2.45, 2.75) is 95.9 Å². The van der Waals surface area contributed by atoms with Crippen LogP contribution in [-0.2, 0) is 14.6 Å². The van der Waals surface area contributed by atoms with Gasteiger partial charge in [-0.1, -0.05) is 26.8 Å². The first-order chi connectivity index (χ1) is 20.2. The van der Waals surface area contributed by atoms with Crippen molar-refractivity contribution in [3.05, 3.63) is 48.3 Å². The highest BCUT2D eigenvalue weighted by molar-refractivity contribution is 6.74. The second kappa shape index (κ2) is 11.6. The Bertz CT molecular complexity index is 1470. The summed E-state index contributed by atoms with van der Waals surface area (Å²) >= 11 is 0. The molecule has 1 spiro atoms. The van der Waals surface area contributed by atoms with Crippen LogP contribution >= 0.6 is 0 Å². The molecule has 0 N–H and O–H groups in total. The minimum Gasteiger partial charge on any atom is -0.478 e. The van der Waals surface area contributed by atoms with Gasteiger partial charge in [0.2, 0.25) is 11.8 Å². The van der Waals surface area contributed by atoms with Crippen LogP contribution in [0.1, 0.15) is 72.3 Å². The highest BCUT2D eigenvalue weighted by atomic mass is 28.4. The van der Waals surface area contributed by atoms with Crippen LogP contribution in [0.4, 0.5) is 5.69 Å². The number of carbonyl (C=O) groups is 1. The van der Waals surface area contributed by atoms with E-state index in [0.29, 0.717) is 19.0 Å². The summed E-state index contributed by atoms with van der Waals surface area (Å²) in [5, 5.41) is 1.21. The largest absolute Gasteiger partial charge is 0.478 e. The van der Waals surface area contributed by atoms with Crippen LogP contribution in [0.5, 0.6) is 5.88 Å². The molecule has 1 aliphatic carbocycles. The number of aromatic nitrogens is 2. The van der Waals surface area contributed by atoms with Gasteiger partial charge in [0.15, 0.2) is 8.32 Å². The number of rotatable bonds is 9. The third-order valence-electron chi connectivity index (χ3n) is 10.1. The molecule has 5 rings (SSSR count). The topological polar surface area (TPSA) is 67.8 Å². The lowest BCUT2D eigenvalue weighted by molar-refractivity contribution is -0.126. The van der Waals surface area contributed by atoms with Crippen molar-refractivity contribution >= 4 is 30.8 Å². The lowest BCUT2D eigenvalue weighted by atomic mass is 9.65. The predicted octanol–water partition coefficient (Wildman–Crippen LogP) is 7.59. The maximum absolute atomic E-state index is 14.2. The standard InChI is InChI=1S/C35H50N4O3Si/c1-10-39-29-24-36-28-14-12-25(26-13-15-30(37-23-26)41-21-11-20-38(6)7)22-27(28)31(29)35(32(39)40)18-16-34(5,17-19-35)42-43(8,9)33(2,3)4/h12-15,22-24H,10-11,16-21H2,1-9H3. The summed E-state index contributed by atoms with van der Waals surface area (Å²) in [5.41, 5.74) is 4.35. The molecule has 3 heterocycles. The molecule has 1 aromatic carbocycles. The smallest absolute Gasteiger partial charge is 0.237 e. The van der Waals surface area contributed by atoms with E-state index >= 15 is 0 Å². The number of nitrogens with zero attached hydrogens (tertiary/aromatic N) is 4. The average molecular weight is 603 g/mol. The Labute approximate surface area is 259 Å². The monoisotopic (exact) mass is 602 g/mol. The molecule has 232 valence electrons. The van der Waals surface area contributed by atoms with Gasteiger partial charge in [0, 0.05) is 41.9 Å². The Morgan fingerprint density at radius 3 is 2.30 bits per heavy atom. The van der Waals surface area contributed by atoms with E-state index in [-0.39, 0.29) is 16.5 Å². The molecule has 3 aromatic rings. The van der Waals surface area contributed by atoms with Crippen LogP contribution in [0.3, 0.4) is 0 Å². The SMILES string of the molecule is CCN1C(=O)C2(CCC(C)(O[Si](C)(C)C(C)(C)C)CC2)c2c1cnc1ccc(-c3ccc(OCCCN(C)C)nc3)cc21. The first-order valence-electron chi connectivity index (χ1n) is 15.9. The maximum Gasteiger partial charge on any atom is 0.237 e. The van der Waals surface area contributed by atoms with Crippen LogP contribution in [-0.4, -0.2) is 68.5 Å². The second-order valence-electron chi connectivity index (χ2n) is 14.6. The first-order valence-corrected chi connectivity index (χ1v) is 18.8. The zero-order valence-corrected chi connectivity index (χ0v) is 28.7. The fourth-order valence-corrected chi connectivity index (χ4v) is 8.33. The lowest BCUT2D eigenvalue weighted by Gasteiger charge is -2.49. The summed E-state index contributed by atoms with van der Waals surface area (Å²) in [6, 6.07) is 10.4. The van der Waals surface area contributed by atoms with Crippen LogP contribution in [0.25, 0.3) is 22.0 Å². The Morgan fingerprint density at radius 2 is 1.70 bits per heavy atom. The van der Waals surface area contributed by atoms with Gasteiger partial charge in [-0.15, -0.1) is 0 Å². The Balaban J connectivity index is 1.46. The van der Waals surface area contributed by atoms with Crippen LogP contribution in [0.2, 0.25) is 18.1 Å². The van der Waals surface area contributed by atoms with Crippen molar-refractivity contribution in [3.8, 4) is 17.0 Å². The van der Waals surface area contributed by atoms with Gasteiger partial charge in [0.1, 0.15) is 0 Å². The van der Waals surface area contributed by atoms with E-state index in [4.69, 9.17) is 14.1 Å². The summed E-state index contributed by atoms with van der Waals surface area (Å²) < 4.78 is 12.9. The van der Waals surface area contributed by atoms with Gasteiger partial charge in [0.25, 0.3) is 0 Å². The quantitative estimate of drug-likeness (QED) is 0.186. The number of fused-ring (bicyclic) bond motifs is 4. The van der Waals surface area contributed by atoms with Crippen molar-refractivity contribution in [1.29, 1.82) is 0 Å². The number of anilines is 1. The van der Waals surface area contributed by atoms with E-state index in [1.54, 1.807) is 0 Å². The number of pyridine rings is 2. The van der Waals surface area contributed by atoms with Crippen LogP contribution in [0, 0.1) is 0 Å². The number of hydrogen-bond donors (Lipinski definition) is 0. The highest BCUT2D eigenvalue weighted by Crippen LogP contribution is 2.55. The molecule has 1 aliphatic heterocycles. The molecule has 7 nitrogen and oxygen atoms in total. The number of hydrogen-bond acceptors (Lipinski definition) is 6. The number of carbonyl (C=O) groups excluding carboxylic acids is 1. The fraction of sp³-hybridized carbons (Fsp3) is 0.571. The van der Waals surface area contributed by atoms with Crippen molar-refractivity contribution in [3.63, 3.8) is 0 Å². The van der Waals surface area contributed by atoms with Gasteiger partial charge in [-0.05, 0) is 102 Å². The van der Waals surface area contributed by atoms with Gasteiger partial charge in [-0.2, -0.15) is 0 Å². The van der Waals surface area contributed by atoms with Crippen LogP contribution < -0.4 is 9.64 Å². The predicted molar refractivity (Wildman–Crippen MR) is 178 cm³/mol. The molecule has 1 amide bonds. The number of amides is 1. The van der Waals surface area contributed by atoms with Crippen LogP contribution in [0.15, 0.2) is 42.7 Å². The summed E-state index contributed by atoms with van der Waals surface area (Å²) in [4.78, 5) is 27.8. The third kappa shape index (κ3) is 5.98. The normalized spacial score (nSPS) is 22.6. The highest BCUT2D eigenvalue weighted by Gasteiger charge is 2.56. The molecule has 0 bridgehead atoms. The molecule has 0 atom stereocenters. The van der Waals surface area contributed by atoms with E-state index in [1.807, 2.05) is 23.4 Å². The molecule has 43 heavy (non-hydrogen) atoms. The number of ether oxygens (including phenoxy) is 1. The Kier molecular flexibility index (Phi) is 8.53. The van der Waals surface area contributed by atoms with Gasteiger partial charge in [-0.3, -0.25) is 9.78 Å². The minimum atomic E-state index is -1.95. The molecule has 0 unspecified atom stereocenters. The van der Waals surface area contributed by atoms with Crippen molar-refractivity contribution in [1.82, 2.24) is 14.9 Å². The van der Waals surface area contributed by atoms with E-state index in [0.717, 1.165) is 71.9 Å². The minimum absolute atomic E-state index is 0.142. The summed E-state index contributed by atoms with van der Waals surface area (Å²) in [6.45, 7) is 18.1. The van der Waals surface area contributed by atoms with Crippen molar-refractivity contribution in [2.75, 3.05) is 38.7 Å². The molecule has 1 fully saturated rings. The van der Waals surface area contributed by atoms with Gasteiger partial charge in [-0.25, -0.2) is 4.98 Å². The lowest BCUT2D eigenvalue weighted by Crippen LogP contribution is -2.53. The van der Waals surface area contributed by atoms with Gasteiger partial charge < -0.3 is 19.0 Å². The fourth-order valence-electron chi connectivity index (χ4n) is 6.59. The molecule has 0 saturated heterocycles. The van der Waals surface area contributed by atoms with E-state index in [2.05, 4.69) is 96.0 Å². The second-order valence-corrected chi connectivity index (χ2v) is 19.3. The summed E-state index contributed by atoms with van der Waals surface area (Å²) in [7, 11) is 2.17. The van der Waals surface area contributed by atoms with E-state index in [9.17, 15) is 4.79 Å². The van der Waals surface area contributed by atoms with Crippen molar-refractivity contribution in [2.24, 2.45) is 0 Å². The molecule has 1 saturated carbocycles. The molecule has 2 aliphatic rings. The van der Waals surface area contributed by atoms with E-state index < -0.39 is 13.7 Å². The number of benzene rings is 1. The first kappa shape index (κ1) is 31.6. The van der Waals surface area contributed by atoms with Gasteiger partial charge in [0.05, 0.1) is 35.0 Å². The zero-order chi connectivity index (χ0) is 31.2. The molecule has 2 aromatic heterocycles. The summed E-state index contributed by atoms with van der Waals surface area (Å²) in [5.74, 6) is 0.857. The zero-order valence-electron chi connectivity index (χ0n) is 27.7. The average Bonchev–Trinajstić information content (AvgIpc) is 3.19. The van der Waals surface area contributed by atoms with Gasteiger partial charge >= 0.3 is 0 Å². The maximum atomic E-state index is 14.2. The molecule has 8 heteroatoms. The Hall–Kier alpha value is -2.81. The third-order valence-corrected chi connectivity index (χ3v) is 14.7. The summed E-state index contributed by atoms with van der Waals surface area (Å²) in [6.07, 6.45) is 8.05. The van der Waals surface area contributed by atoms with Crippen molar-refractivity contribution < 1.29 is 14.0 Å². The van der Waals surface area contributed by atoms with E-state index in [1.165, 1.54) is 0 Å². The molecular formula is C35H50N4O3Si.